The first-order valence-corrected chi connectivity index (χ1v) is 6.25. The van der Waals surface area contributed by atoms with Gasteiger partial charge in [-0.3, -0.25) is 4.79 Å². The van der Waals surface area contributed by atoms with Gasteiger partial charge in [-0.05, 0) is 62.8 Å². The lowest BCUT2D eigenvalue weighted by atomic mass is 9.85. The minimum atomic E-state index is -0.240. The van der Waals surface area contributed by atoms with Crippen LogP contribution < -0.4 is 5.73 Å². The Morgan fingerprint density at radius 2 is 1.65 bits per heavy atom. The average Bonchev–Trinajstić information content (AvgIpc) is 3.07. The summed E-state index contributed by atoms with van der Waals surface area (Å²) >= 11 is 0. The van der Waals surface area contributed by atoms with Gasteiger partial charge in [0.15, 0.2) is 5.78 Å². The monoisotopic (exact) mass is 231 g/mol. The van der Waals surface area contributed by atoms with E-state index in [9.17, 15) is 4.79 Å². The average molecular weight is 231 g/mol. The maximum Gasteiger partial charge on any atom is 0.170 e. The molecule has 0 unspecified atom stereocenters. The van der Waals surface area contributed by atoms with Crippen molar-refractivity contribution in [3.63, 3.8) is 0 Å². The summed E-state index contributed by atoms with van der Waals surface area (Å²) in [6, 6.07) is 2.16. The number of Topliss-reactive ketones (excluding diaryl/α,β-unsaturated/α-hetero) is 1. The van der Waals surface area contributed by atoms with Crippen molar-refractivity contribution in [2.75, 3.05) is 6.54 Å². The molecule has 0 spiro atoms. The fourth-order valence-electron chi connectivity index (χ4n) is 2.50. The van der Waals surface area contributed by atoms with Crippen molar-refractivity contribution in [2.24, 2.45) is 11.1 Å². The quantitative estimate of drug-likeness (QED) is 0.813. The Labute approximate surface area is 103 Å². The standard InChI is InChI=1S/C15H21NO/c1-9-7-10(2)12(4)13(11(9)3)14(17)15(8-16)5-6-15/h7H,5-6,8,16H2,1-4H3. The van der Waals surface area contributed by atoms with Gasteiger partial charge in [0, 0.05) is 17.5 Å². The first-order valence-electron chi connectivity index (χ1n) is 6.25. The highest BCUT2D eigenvalue weighted by Gasteiger charge is 2.49. The normalized spacial score (nSPS) is 17.0. The Morgan fingerprint density at radius 1 is 1.18 bits per heavy atom. The lowest BCUT2D eigenvalue weighted by molar-refractivity contribution is 0.0904. The zero-order valence-corrected chi connectivity index (χ0v) is 11.2. The van der Waals surface area contributed by atoms with Crippen LogP contribution in [0.2, 0.25) is 0 Å². The lowest BCUT2D eigenvalue weighted by Gasteiger charge is -2.18. The van der Waals surface area contributed by atoms with E-state index >= 15 is 0 Å². The summed E-state index contributed by atoms with van der Waals surface area (Å²) in [6.07, 6.45) is 1.91. The number of nitrogens with two attached hydrogens (primary N) is 1. The van der Waals surface area contributed by atoms with Crippen LogP contribution in [0.5, 0.6) is 0 Å². The Balaban J connectivity index is 2.56. The first kappa shape index (κ1) is 12.3. The minimum Gasteiger partial charge on any atom is -0.329 e. The largest absolute Gasteiger partial charge is 0.329 e. The molecule has 1 aliphatic carbocycles. The Hall–Kier alpha value is -1.15. The Morgan fingerprint density at radius 3 is 2.00 bits per heavy atom. The number of ketones is 1. The molecule has 17 heavy (non-hydrogen) atoms. The van der Waals surface area contributed by atoms with Crippen LogP contribution in [0.1, 0.15) is 45.5 Å². The number of hydrogen-bond donors (Lipinski definition) is 1. The van der Waals surface area contributed by atoms with Crippen LogP contribution in [0.25, 0.3) is 0 Å². The van der Waals surface area contributed by atoms with E-state index in [0.29, 0.717) is 6.54 Å². The Bertz CT molecular complexity index is 458. The van der Waals surface area contributed by atoms with E-state index in [1.807, 2.05) is 13.8 Å². The molecule has 0 saturated heterocycles. The summed E-state index contributed by atoms with van der Waals surface area (Å²) in [6.45, 7) is 8.71. The van der Waals surface area contributed by atoms with Crippen molar-refractivity contribution in [3.8, 4) is 0 Å². The van der Waals surface area contributed by atoms with Crippen molar-refractivity contribution in [3.05, 3.63) is 33.9 Å². The number of rotatable bonds is 3. The van der Waals surface area contributed by atoms with Gasteiger partial charge in [-0.2, -0.15) is 0 Å². The maximum atomic E-state index is 12.6. The van der Waals surface area contributed by atoms with Crippen molar-refractivity contribution < 1.29 is 4.79 Å². The molecule has 2 N–H and O–H groups in total. The highest BCUT2D eigenvalue weighted by atomic mass is 16.1. The highest BCUT2D eigenvalue weighted by Crippen LogP contribution is 2.48. The molecule has 0 bridgehead atoms. The summed E-state index contributed by atoms with van der Waals surface area (Å²) in [5.74, 6) is 0.266. The molecular weight excluding hydrogens is 210 g/mol. The van der Waals surface area contributed by atoms with E-state index in [1.165, 1.54) is 11.1 Å². The summed E-state index contributed by atoms with van der Waals surface area (Å²) in [5.41, 5.74) is 11.1. The van der Waals surface area contributed by atoms with Gasteiger partial charge in [-0.25, -0.2) is 0 Å². The zero-order valence-electron chi connectivity index (χ0n) is 11.2. The molecule has 0 aliphatic heterocycles. The topological polar surface area (TPSA) is 43.1 Å². The van der Waals surface area contributed by atoms with E-state index in [1.54, 1.807) is 0 Å². The van der Waals surface area contributed by atoms with Crippen molar-refractivity contribution in [2.45, 2.75) is 40.5 Å². The second-order valence-corrected chi connectivity index (χ2v) is 5.45. The molecule has 2 rings (SSSR count). The zero-order chi connectivity index (χ0) is 12.8. The van der Waals surface area contributed by atoms with E-state index < -0.39 is 0 Å². The molecule has 0 atom stereocenters. The van der Waals surface area contributed by atoms with E-state index in [-0.39, 0.29) is 11.2 Å². The van der Waals surface area contributed by atoms with E-state index in [4.69, 9.17) is 5.73 Å². The van der Waals surface area contributed by atoms with Gasteiger partial charge < -0.3 is 5.73 Å². The molecule has 1 aromatic rings. The number of aryl methyl sites for hydroxylation is 2. The third kappa shape index (κ3) is 1.81. The van der Waals surface area contributed by atoms with Crippen LogP contribution in [0, 0.1) is 33.1 Å². The van der Waals surface area contributed by atoms with Gasteiger partial charge in [-0.1, -0.05) is 6.07 Å². The van der Waals surface area contributed by atoms with E-state index in [2.05, 4.69) is 19.9 Å². The van der Waals surface area contributed by atoms with Gasteiger partial charge in [0.1, 0.15) is 0 Å². The molecule has 1 aliphatic rings. The predicted molar refractivity (Wildman–Crippen MR) is 70.4 cm³/mol. The predicted octanol–water partition coefficient (Wildman–Crippen LogP) is 2.84. The minimum absolute atomic E-state index is 0.240. The molecule has 2 heteroatoms. The molecular formula is C15H21NO. The SMILES string of the molecule is Cc1cc(C)c(C)c(C(=O)C2(CN)CC2)c1C. The third-order valence-corrected chi connectivity index (χ3v) is 4.32. The lowest BCUT2D eigenvalue weighted by Crippen LogP contribution is -2.27. The van der Waals surface area contributed by atoms with Crippen LogP contribution in [0.3, 0.4) is 0 Å². The van der Waals surface area contributed by atoms with Crippen LogP contribution >= 0.6 is 0 Å². The summed E-state index contributed by atoms with van der Waals surface area (Å²) in [4.78, 5) is 12.6. The van der Waals surface area contributed by atoms with Gasteiger partial charge in [0.2, 0.25) is 0 Å². The van der Waals surface area contributed by atoms with Gasteiger partial charge in [0.05, 0.1) is 0 Å². The van der Waals surface area contributed by atoms with Crippen LogP contribution in [-0.4, -0.2) is 12.3 Å². The molecule has 0 heterocycles. The molecule has 92 valence electrons. The molecule has 1 fully saturated rings. The summed E-state index contributed by atoms with van der Waals surface area (Å²) in [5, 5.41) is 0. The molecule has 0 radical (unpaired) electrons. The fourth-order valence-corrected chi connectivity index (χ4v) is 2.50. The third-order valence-electron chi connectivity index (χ3n) is 4.32. The number of carbonyl (C=O) groups is 1. The van der Waals surface area contributed by atoms with Crippen LogP contribution in [0.4, 0.5) is 0 Å². The summed E-state index contributed by atoms with van der Waals surface area (Å²) < 4.78 is 0. The molecule has 2 nitrogen and oxygen atoms in total. The van der Waals surface area contributed by atoms with Gasteiger partial charge >= 0.3 is 0 Å². The van der Waals surface area contributed by atoms with Crippen molar-refractivity contribution in [1.29, 1.82) is 0 Å². The highest BCUT2D eigenvalue weighted by molar-refractivity contribution is 6.05. The number of benzene rings is 1. The summed E-state index contributed by atoms with van der Waals surface area (Å²) in [7, 11) is 0. The fraction of sp³-hybridized carbons (Fsp3) is 0.533. The van der Waals surface area contributed by atoms with Gasteiger partial charge in [-0.15, -0.1) is 0 Å². The second-order valence-electron chi connectivity index (χ2n) is 5.45. The van der Waals surface area contributed by atoms with Crippen molar-refractivity contribution >= 4 is 5.78 Å². The van der Waals surface area contributed by atoms with Crippen LogP contribution in [0.15, 0.2) is 6.07 Å². The number of carbonyl (C=O) groups excluding carboxylic acids is 1. The van der Waals surface area contributed by atoms with Crippen molar-refractivity contribution in [1.82, 2.24) is 0 Å². The van der Waals surface area contributed by atoms with Crippen LogP contribution in [-0.2, 0) is 0 Å². The molecule has 1 aromatic carbocycles. The number of hydrogen-bond acceptors (Lipinski definition) is 2. The molecule has 0 amide bonds. The van der Waals surface area contributed by atoms with Gasteiger partial charge in [0.25, 0.3) is 0 Å². The maximum absolute atomic E-state index is 12.6. The Kier molecular flexibility index (Phi) is 2.86. The first-order chi connectivity index (χ1) is 7.93. The van der Waals surface area contributed by atoms with E-state index in [0.717, 1.165) is 29.5 Å². The molecule has 0 aromatic heterocycles. The second kappa shape index (κ2) is 3.95. The smallest absolute Gasteiger partial charge is 0.170 e. The molecule has 1 saturated carbocycles.